The Balaban J connectivity index is 1.22. The van der Waals surface area contributed by atoms with Crippen molar-refractivity contribution in [3.63, 3.8) is 0 Å². The van der Waals surface area contributed by atoms with E-state index in [1.807, 2.05) is 47.5 Å². The zero-order valence-corrected chi connectivity index (χ0v) is 26.2. The summed E-state index contributed by atoms with van der Waals surface area (Å²) in [4.78, 5) is 10.7. The van der Waals surface area contributed by atoms with Crippen LogP contribution in [-0.4, -0.2) is 19.1 Å². The van der Waals surface area contributed by atoms with Gasteiger partial charge in [0.1, 0.15) is 0 Å². The molecular formula is C40H24N4S2. The van der Waals surface area contributed by atoms with Crippen LogP contribution in [0.15, 0.2) is 116 Å². The standard InChI is InChI=1S/C40H24N4S2/c1-3-7-37-25(5-1)29-17-23(9-11-39(29)45-37)43-33-13-15-41-21-31(33)27-20-36-28(19-35(27)43)32-22-42-16-14-34(32)44(36)24-10-12-40-30(18-24)26-6-2-4-8-38(26)46-40/h1-9,11,13-22H,10,12H2. The Morgan fingerprint density at radius 2 is 1.15 bits per heavy atom. The van der Waals surface area contributed by atoms with E-state index in [1.165, 1.54) is 79.1 Å². The Labute approximate surface area is 271 Å². The highest BCUT2D eigenvalue weighted by Crippen LogP contribution is 2.44. The van der Waals surface area contributed by atoms with Crippen molar-refractivity contribution in [1.82, 2.24) is 19.1 Å². The van der Waals surface area contributed by atoms with Crippen molar-refractivity contribution in [3.8, 4) is 5.69 Å². The van der Waals surface area contributed by atoms with Crippen molar-refractivity contribution in [2.75, 3.05) is 0 Å². The van der Waals surface area contributed by atoms with Crippen LogP contribution in [0.2, 0.25) is 0 Å². The molecule has 0 spiro atoms. The number of hydrogen-bond acceptors (Lipinski definition) is 4. The molecule has 0 unspecified atom stereocenters. The van der Waals surface area contributed by atoms with E-state index in [0.717, 1.165) is 29.4 Å². The van der Waals surface area contributed by atoms with Gasteiger partial charge in [-0.05, 0) is 79.1 Å². The first-order valence-electron chi connectivity index (χ1n) is 15.6. The molecule has 0 bridgehead atoms. The van der Waals surface area contributed by atoms with Gasteiger partial charge in [-0.25, -0.2) is 0 Å². The summed E-state index contributed by atoms with van der Waals surface area (Å²) in [6.07, 6.45) is 12.4. The number of aryl methyl sites for hydroxylation is 1. The average Bonchev–Trinajstić information content (AvgIpc) is 3.84. The van der Waals surface area contributed by atoms with Gasteiger partial charge in [0, 0.05) is 92.9 Å². The van der Waals surface area contributed by atoms with E-state index in [4.69, 9.17) is 0 Å². The van der Waals surface area contributed by atoms with E-state index < -0.39 is 0 Å². The smallest absolute Gasteiger partial charge is 0.0571 e. The van der Waals surface area contributed by atoms with Crippen molar-refractivity contribution in [3.05, 3.63) is 126 Å². The fraction of sp³-hybridized carbons (Fsp3) is 0.0500. The van der Waals surface area contributed by atoms with Crippen molar-refractivity contribution in [1.29, 1.82) is 0 Å². The molecule has 0 saturated heterocycles. The number of pyridine rings is 2. The summed E-state index contributed by atoms with van der Waals surface area (Å²) in [5.41, 5.74) is 8.63. The first-order chi connectivity index (χ1) is 22.8. The normalized spacial score (nSPS) is 13.6. The molecule has 11 rings (SSSR count). The molecule has 0 fully saturated rings. The Kier molecular flexibility index (Phi) is 4.95. The molecule has 0 atom stereocenters. The number of nitrogens with zero attached hydrogens (tertiary/aromatic N) is 4. The van der Waals surface area contributed by atoms with Gasteiger partial charge in [-0.15, -0.1) is 22.7 Å². The molecule has 4 nitrogen and oxygen atoms in total. The summed E-state index contributed by atoms with van der Waals surface area (Å²) in [7, 11) is 0. The van der Waals surface area contributed by atoms with Gasteiger partial charge in [0.05, 0.1) is 22.1 Å². The number of benzene rings is 4. The van der Waals surface area contributed by atoms with E-state index >= 15 is 0 Å². The molecule has 6 heterocycles. The summed E-state index contributed by atoms with van der Waals surface area (Å²) in [5.74, 6) is 0. The van der Waals surface area contributed by atoms with Gasteiger partial charge >= 0.3 is 0 Å². The highest BCUT2D eigenvalue weighted by atomic mass is 32.1. The maximum atomic E-state index is 4.60. The Morgan fingerprint density at radius 3 is 1.93 bits per heavy atom. The van der Waals surface area contributed by atoms with Crippen LogP contribution in [0.1, 0.15) is 16.9 Å². The van der Waals surface area contributed by atoms with Gasteiger partial charge in [0.2, 0.25) is 0 Å². The third-order valence-electron chi connectivity index (χ3n) is 9.79. The topological polar surface area (TPSA) is 35.6 Å². The van der Waals surface area contributed by atoms with Crippen molar-refractivity contribution in [2.45, 2.75) is 12.8 Å². The molecule has 1 aliphatic rings. The number of thiophene rings is 2. The second-order valence-corrected chi connectivity index (χ2v) is 14.4. The maximum Gasteiger partial charge on any atom is 0.0571 e. The van der Waals surface area contributed by atoms with E-state index in [-0.39, 0.29) is 0 Å². The monoisotopic (exact) mass is 624 g/mol. The third kappa shape index (κ3) is 3.32. The van der Waals surface area contributed by atoms with E-state index in [2.05, 4.69) is 116 Å². The van der Waals surface area contributed by atoms with Crippen LogP contribution in [0, 0.1) is 0 Å². The zero-order chi connectivity index (χ0) is 29.9. The summed E-state index contributed by atoms with van der Waals surface area (Å²) in [6.45, 7) is 0. The van der Waals surface area contributed by atoms with E-state index in [1.54, 1.807) is 0 Å². The highest BCUT2D eigenvalue weighted by molar-refractivity contribution is 7.25. The number of fused-ring (bicyclic) bond motifs is 12. The zero-order valence-electron chi connectivity index (χ0n) is 24.6. The van der Waals surface area contributed by atoms with Gasteiger partial charge < -0.3 is 9.13 Å². The number of allylic oxidation sites excluding steroid dienone is 1. The lowest BCUT2D eigenvalue weighted by Crippen LogP contribution is -2.03. The second-order valence-electron chi connectivity index (χ2n) is 12.2. The largest absolute Gasteiger partial charge is 0.313 e. The lowest BCUT2D eigenvalue weighted by atomic mass is 10.00. The molecule has 4 aromatic carbocycles. The Morgan fingerprint density at radius 1 is 0.500 bits per heavy atom. The maximum absolute atomic E-state index is 4.60. The van der Waals surface area contributed by atoms with Gasteiger partial charge in [-0.1, -0.05) is 36.4 Å². The minimum Gasteiger partial charge on any atom is -0.313 e. The Bertz CT molecular complexity index is 2930. The average molecular weight is 625 g/mol. The Hall–Kier alpha value is -5.30. The van der Waals surface area contributed by atoms with Gasteiger partial charge in [0.25, 0.3) is 0 Å². The lowest BCUT2D eigenvalue weighted by molar-refractivity contribution is 0.967. The molecule has 0 radical (unpaired) electrons. The van der Waals surface area contributed by atoms with Crippen molar-refractivity contribution >= 4 is 108 Å². The van der Waals surface area contributed by atoms with Gasteiger partial charge in [-0.2, -0.15) is 0 Å². The SMILES string of the molecule is C1=C(n2c3ccncc3c3cc4c(cc32)c2cnccc2n4-c2ccc3sc4ccccc4c3c2)CCc2sc3ccccc3c21. The lowest BCUT2D eigenvalue weighted by Gasteiger charge is -2.17. The van der Waals surface area contributed by atoms with Crippen molar-refractivity contribution in [2.24, 2.45) is 0 Å². The van der Waals surface area contributed by atoms with Crippen LogP contribution in [0.4, 0.5) is 0 Å². The minimum atomic E-state index is 0.997. The molecule has 216 valence electrons. The molecule has 0 aliphatic heterocycles. The molecule has 46 heavy (non-hydrogen) atoms. The van der Waals surface area contributed by atoms with Crippen LogP contribution < -0.4 is 0 Å². The second kappa shape index (κ2) is 9.13. The molecule has 10 aromatic rings. The van der Waals surface area contributed by atoms with Crippen LogP contribution in [0.25, 0.3) is 91.3 Å². The molecular weight excluding hydrogens is 601 g/mol. The fourth-order valence-corrected chi connectivity index (χ4v) is 10.0. The molecule has 1 aliphatic carbocycles. The van der Waals surface area contributed by atoms with Crippen LogP contribution in [-0.2, 0) is 6.42 Å². The number of aromatic nitrogens is 4. The van der Waals surface area contributed by atoms with Crippen LogP contribution in [0.3, 0.4) is 0 Å². The van der Waals surface area contributed by atoms with Crippen molar-refractivity contribution < 1.29 is 0 Å². The third-order valence-corrected chi connectivity index (χ3v) is 12.2. The van der Waals surface area contributed by atoms with E-state index in [9.17, 15) is 0 Å². The van der Waals surface area contributed by atoms with Gasteiger partial charge in [-0.3, -0.25) is 9.97 Å². The molecule has 0 N–H and O–H groups in total. The fourth-order valence-electron chi connectivity index (χ4n) is 7.77. The molecule has 6 aromatic heterocycles. The first-order valence-corrected chi connectivity index (χ1v) is 17.2. The van der Waals surface area contributed by atoms with Crippen LogP contribution >= 0.6 is 22.7 Å². The quantitative estimate of drug-likeness (QED) is 0.192. The highest BCUT2D eigenvalue weighted by Gasteiger charge is 2.23. The molecule has 0 saturated carbocycles. The van der Waals surface area contributed by atoms with Gasteiger partial charge in [0.15, 0.2) is 0 Å². The van der Waals surface area contributed by atoms with Crippen LogP contribution in [0.5, 0.6) is 0 Å². The minimum absolute atomic E-state index is 0.997. The summed E-state index contributed by atoms with van der Waals surface area (Å²) in [6, 6.07) is 33.5. The predicted molar refractivity (Wildman–Crippen MR) is 197 cm³/mol. The first kappa shape index (κ1) is 25.0. The predicted octanol–water partition coefficient (Wildman–Crippen LogP) is 11.2. The molecule has 6 heteroatoms. The summed E-state index contributed by atoms with van der Waals surface area (Å²) >= 11 is 3.80. The number of hydrogen-bond donors (Lipinski definition) is 0. The molecule has 0 amide bonds. The van der Waals surface area contributed by atoms with E-state index in [0.29, 0.717) is 0 Å². The number of rotatable bonds is 2. The summed E-state index contributed by atoms with van der Waals surface area (Å²) < 4.78 is 8.91. The summed E-state index contributed by atoms with van der Waals surface area (Å²) in [5, 5.41) is 8.73.